The zero-order chi connectivity index (χ0) is 20.7. The highest BCUT2D eigenvalue weighted by atomic mass is 16.6. The van der Waals surface area contributed by atoms with Crippen LogP contribution in [0, 0.1) is 10.1 Å². The molecule has 2 amide bonds. The van der Waals surface area contributed by atoms with Crippen LogP contribution in [0.25, 0.3) is 6.08 Å². The molecule has 0 saturated carbocycles. The van der Waals surface area contributed by atoms with Crippen LogP contribution in [0.4, 0.5) is 11.4 Å². The lowest BCUT2D eigenvalue weighted by atomic mass is 10.1. The Morgan fingerprint density at radius 1 is 1.14 bits per heavy atom. The summed E-state index contributed by atoms with van der Waals surface area (Å²) in [6.07, 6.45) is 1.41. The highest BCUT2D eigenvalue weighted by Gasteiger charge is 2.13. The number of nitro groups is 1. The van der Waals surface area contributed by atoms with Gasteiger partial charge in [0.25, 0.3) is 11.6 Å². The number of ether oxygens (including phenoxy) is 1. The second-order valence-corrected chi connectivity index (χ2v) is 6.24. The van der Waals surface area contributed by atoms with Gasteiger partial charge in [0.15, 0.2) is 0 Å². The van der Waals surface area contributed by atoms with Gasteiger partial charge in [-0.1, -0.05) is 12.1 Å². The average Bonchev–Trinajstić information content (AvgIpc) is 2.62. The summed E-state index contributed by atoms with van der Waals surface area (Å²) in [6, 6.07) is 12.5. The molecule has 0 saturated heterocycles. The molecule has 2 aromatic carbocycles. The van der Waals surface area contributed by atoms with Gasteiger partial charge in [0.1, 0.15) is 11.4 Å². The second kappa shape index (κ2) is 9.31. The summed E-state index contributed by atoms with van der Waals surface area (Å²) < 4.78 is 5.55. The Bertz CT molecular complexity index is 904. The summed E-state index contributed by atoms with van der Waals surface area (Å²) in [5.41, 5.74) is 0.776. The van der Waals surface area contributed by atoms with Crippen molar-refractivity contribution in [2.75, 3.05) is 5.32 Å². The molecule has 0 heterocycles. The Labute approximate surface area is 162 Å². The number of hydrogen-bond acceptors (Lipinski definition) is 5. The number of anilines is 1. The molecule has 0 aliphatic rings. The first-order chi connectivity index (χ1) is 13.2. The van der Waals surface area contributed by atoms with E-state index in [4.69, 9.17) is 4.74 Å². The monoisotopic (exact) mass is 383 g/mol. The molecule has 0 aromatic heterocycles. The van der Waals surface area contributed by atoms with Crippen molar-refractivity contribution < 1.29 is 19.2 Å². The van der Waals surface area contributed by atoms with Gasteiger partial charge in [-0.05, 0) is 49.8 Å². The summed E-state index contributed by atoms with van der Waals surface area (Å²) in [6.45, 7) is 5.09. The molecule has 8 nitrogen and oxygen atoms in total. The lowest BCUT2D eigenvalue weighted by molar-refractivity contribution is -0.384. The largest absolute Gasteiger partial charge is 0.491 e. The van der Waals surface area contributed by atoms with Crippen molar-refractivity contribution in [3.63, 3.8) is 0 Å². The minimum Gasteiger partial charge on any atom is -0.491 e. The molecule has 2 N–H and O–H groups in total. The highest BCUT2D eigenvalue weighted by Crippen LogP contribution is 2.19. The minimum absolute atomic E-state index is 0.0319. The van der Waals surface area contributed by atoms with Gasteiger partial charge < -0.3 is 15.4 Å². The maximum Gasteiger partial charge on any atom is 0.272 e. The fourth-order valence-corrected chi connectivity index (χ4v) is 2.33. The van der Waals surface area contributed by atoms with Crippen LogP contribution in [-0.4, -0.2) is 22.8 Å². The first-order valence-corrected chi connectivity index (χ1v) is 8.56. The van der Waals surface area contributed by atoms with Gasteiger partial charge in [0.05, 0.1) is 11.0 Å². The van der Waals surface area contributed by atoms with Crippen molar-refractivity contribution in [1.82, 2.24) is 5.32 Å². The van der Waals surface area contributed by atoms with Crippen molar-refractivity contribution in [3.05, 3.63) is 69.9 Å². The number of nitrogens with zero attached hydrogens (tertiary/aromatic N) is 1. The van der Waals surface area contributed by atoms with Crippen molar-refractivity contribution >= 4 is 29.3 Å². The van der Waals surface area contributed by atoms with Gasteiger partial charge in [-0.3, -0.25) is 19.7 Å². The summed E-state index contributed by atoms with van der Waals surface area (Å²) >= 11 is 0. The van der Waals surface area contributed by atoms with E-state index >= 15 is 0 Å². The van der Waals surface area contributed by atoms with Gasteiger partial charge in [-0.15, -0.1) is 0 Å². The molecule has 28 heavy (non-hydrogen) atoms. The van der Waals surface area contributed by atoms with E-state index in [0.717, 1.165) is 0 Å². The maximum absolute atomic E-state index is 12.6. The van der Waals surface area contributed by atoms with Crippen LogP contribution in [-0.2, 0) is 9.59 Å². The third-order valence-electron chi connectivity index (χ3n) is 3.43. The Morgan fingerprint density at radius 2 is 1.82 bits per heavy atom. The topological polar surface area (TPSA) is 111 Å². The quantitative estimate of drug-likeness (QED) is 0.432. The van der Waals surface area contributed by atoms with Crippen molar-refractivity contribution in [2.45, 2.75) is 26.9 Å². The normalized spacial score (nSPS) is 11.1. The van der Waals surface area contributed by atoms with E-state index in [-0.39, 0.29) is 17.5 Å². The predicted molar refractivity (Wildman–Crippen MR) is 106 cm³/mol. The van der Waals surface area contributed by atoms with E-state index in [1.54, 1.807) is 30.3 Å². The Kier molecular flexibility index (Phi) is 6.86. The van der Waals surface area contributed by atoms with Gasteiger partial charge >= 0.3 is 0 Å². The molecule has 146 valence electrons. The van der Waals surface area contributed by atoms with Crippen LogP contribution in [0.5, 0.6) is 5.75 Å². The van der Waals surface area contributed by atoms with Crippen LogP contribution >= 0.6 is 0 Å². The summed E-state index contributed by atoms with van der Waals surface area (Å²) in [5, 5.41) is 16.0. The third-order valence-corrected chi connectivity index (χ3v) is 3.43. The molecule has 0 aliphatic carbocycles. The molecule has 0 aliphatic heterocycles. The average molecular weight is 383 g/mol. The third kappa shape index (κ3) is 6.24. The first-order valence-electron chi connectivity index (χ1n) is 8.56. The maximum atomic E-state index is 12.6. The number of carbonyl (C=O) groups excluding carboxylic acids is 2. The standard InChI is InChI=1S/C20H21N3O5/c1-13(2)28-18-9-7-16(8-10-18)22-20(25)19(21-14(3)24)12-15-5-4-6-17(11-15)23(26)27/h4-13H,1-3H3,(H,21,24)(H,22,25)/b19-12-. The number of nitrogens with one attached hydrogen (secondary N) is 2. The van der Waals surface area contributed by atoms with Gasteiger partial charge in [0.2, 0.25) is 5.91 Å². The number of non-ortho nitro benzene ring substituents is 1. The predicted octanol–water partition coefficient (Wildman–Crippen LogP) is 3.50. The zero-order valence-corrected chi connectivity index (χ0v) is 15.8. The van der Waals surface area contributed by atoms with E-state index in [9.17, 15) is 19.7 Å². The number of carbonyl (C=O) groups is 2. The van der Waals surface area contributed by atoms with Crippen LogP contribution in [0.15, 0.2) is 54.2 Å². The molecule has 2 aromatic rings. The fourth-order valence-electron chi connectivity index (χ4n) is 2.33. The highest BCUT2D eigenvalue weighted by molar-refractivity contribution is 6.08. The molecule has 0 unspecified atom stereocenters. The van der Waals surface area contributed by atoms with Gasteiger partial charge in [-0.2, -0.15) is 0 Å². The lowest BCUT2D eigenvalue weighted by Gasteiger charge is -2.12. The second-order valence-electron chi connectivity index (χ2n) is 6.24. The van der Waals surface area contributed by atoms with E-state index in [1.165, 1.54) is 31.2 Å². The fraction of sp³-hybridized carbons (Fsp3) is 0.200. The smallest absolute Gasteiger partial charge is 0.272 e. The van der Waals surface area contributed by atoms with E-state index in [1.807, 2.05) is 13.8 Å². The summed E-state index contributed by atoms with van der Waals surface area (Å²) in [4.78, 5) is 34.4. The number of nitro benzene ring substituents is 1. The van der Waals surface area contributed by atoms with Crippen molar-refractivity contribution in [1.29, 1.82) is 0 Å². The number of benzene rings is 2. The first kappa shape index (κ1) is 20.6. The lowest BCUT2D eigenvalue weighted by Crippen LogP contribution is -2.28. The SMILES string of the molecule is CC(=O)N/C(=C\c1cccc([N+](=O)[O-])c1)C(=O)Nc1ccc(OC(C)C)cc1. The zero-order valence-electron chi connectivity index (χ0n) is 15.8. The molecule has 0 bridgehead atoms. The van der Waals surface area contributed by atoms with Gasteiger partial charge in [-0.25, -0.2) is 0 Å². The molecule has 8 heteroatoms. The number of amides is 2. The molecule has 0 spiro atoms. The minimum atomic E-state index is -0.556. The molecular formula is C20H21N3O5. The molecule has 0 atom stereocenters. The van der Waals surface area contributed by atoms with Crippen LogP contribution in [0.3, 0.4) is 0 Å². The van der Waals surface area contributed by atoms with Crippen LogP contribution in [0.1, 0.15) is 26.3 Å². The molecule has 2 rings (SSSR count). The Balaban J connectivity index is 2.22. The molecular weight excluding hydrogens is 362 g/mol. The summed E-state index contributed by atoms with van der Waals surface area (Å²) in [5.74, 6) is -0.325. The molecule has 0 radical (unpaired) electrons. The van der Waals surface area contributed by atoms with Crippen LogP contribution < -0.4 is 15.4 Å². The van der Waals surface area contributed by atoms with Crippen molar-refractivity contribution in [2.24, 2.45) is 0 Å². The van der Waals surface area contributed by atoms with Gasteiger partial charge in [0, 0.05) is 24.7 Å². The van der Waals surface area contributed by atoms with E-state index in [0.29, 0.717) is 17.0 Å². The summed E-state index contributed by atoms with van der Waals surface area (Å²) in [7, 11) is 0. The van der Waals surface area contributed by atoms with E-state index < -0.39 is 16.7 Å². The molecule has 0 fully saturated rings. The Morgan fingerprint density at radius 3 is 2.39 bits per heavy atom. The Hall–Kier alpha value is -3.68. The number of rotatable bonds is 7. The van der Waals surface area contributed by atoms with E-state index in [2.05, 4.69) is 10.6 Å². The van der Waals surface area contributed by atoms with Crippen molar-refractivity contribution in [3.8, 4) is 5.75 Å². The van der Waals surface area contributed by atoms with Crippen LogP contribution in [0.2, 0.25) is 0 Å². The number of hydrogen-bond donors (Lipinski definition) is 2.